The van der Waals surface area contributed by atoms with E-state index >= 15 is 0 Å². The van der Waals surface area contributed by atoms with Gasteiger partial charge in [-0.1, -0.05) is 41.9 Å². The summed E-state index contributed by atoms with van der Waals surface area (Å²) in [5.41, 5.74) is 4.64. The second-order valence-corrected chi connectivity index (χ2v) is 6.23. The molecule has 0 atom stereocenters. The number of thioether (sulfide) groups is 1. The molecule has 0 heterocycles. The van der Waals surface area contributed by atoms with Gasteiger partial charge in [0, 0.05) is 16.3 Å². The van der Waals surface area contributed by atoms with Gasteiger partial charge in [-0.3, -0.25) is 4.79 Å². The van der Waals surface area contributed by atoms with Crippen LogP contribution in [0.15, 0.2) is 53.6 Å². The molecule has 0 aliphatic carbocycles. The van der Waals surface area contributed by atoms with E-state index in [0.29, 0.717) is 22.1 Å². The van der Waals surface area contributed by atoms with Gasteiger partial charge in [-0.25, -0.2) is 5.43 Å². The summed E-state index contributed by atoms with van der Waals surface area (Å²) in [5, 5.41) is 14.4. The summed E-state index contributed by atoms with van der Waals surface area (Å²) in [5.74, 6) is 0.880. The number of nitrogens with one attached hydrogen (secondary N) is 1. The van der Waals surface area contributed by atoms with E-state index in [1.54, 1.807) is 31.2 Å². The largest absolute Gasteiger partial charge is 0.507 e. The van der Waals surface area contributed by atoms with E-state index < -0.39 is 0 Å². The lowest BCUT2D eigenvalue weighted by molar-refractivity contribution is -0.118. The summed E-state index contributed by atoms with van der Waals surface area (Å²) in [6.45, 7) is 1.73. The van der Waals surface area contributed by atoms with Crippen molar-refractivity contribution in [3.63, 3.8) is 0 Å². The molecule has 0 aliphatic heterocycles. The lowest BCUT2D eigenvalue weighted by Crippen LogP contribution is -2.21. The van der Waals surface area contributed by atoms with Crippen LogP contribution in [0.3, 0.4) is 0 Å². The molecule has 2 N–H and O–H groups in total. The molecule has 2 aromatic rings. The first-order valence-electron chi connectivity index (χ1n) is 7.00. The molecule has 0 fully saturated rings. The highest BCUT2D eigenvalue weighted by atomic mass is 35.5. The van der Waals surface area contributed by atoms with Gasteiger partial charge in [-0.2, -0.15) is 5.10 Å². The maximum absolute atomic E-state index is 11.8. The molecule has 0 bridgehead atoms. The van der Waals surface area contributed by atoms with Crippen LogP contribution in [0, 0.1) is 0 Å². The molecule has 0 radical (unpaired) electrons. The van der Waals surface area contributed by atoms with Crippen molar-refractivity contribution in [2.45, 2.75) is 12.7 Å². The Bertz CT molecular complexity index is 719. The fourth-order valence-corrected chi connectivity index (χ4v) is 2.99. The first-order valence-corrected chi connectivity index (χ1v) is 8.54. The number of carbonyl (C=O) groups is 1. The summed E-state index contributed by atoms with van der Waals surface area (Å²) in [6, 6.07) is 14.4. The number of nitrogens with zero attached hydrogens (tertiary/aromatic N) is 1. The molecule has 2 aromatic carbocycles. The highest BCUT2D eigenvalue weighted by molar-refractivity contribution is 7.99. The number of carbonyl (C=O) groups excluding carboxylic acids is 1. The van der Waals surface area contributed by atoms with Crippen LogP contribution in [0.5, 0.6) is 5.75 Å². The first kappa shape index (κ1) is 17.4. The minimum atomic E-state index is -0.197. The zero-order valence-electron chi connectivity index (χ0n) is 12.6. The quantitative estimate of drug-likeness (QED) is 0.616. The summed E-state index contributed by atoms with van der Waals surface area (Å²) < 4.78 is 0. The summed E-state index contributed by atoms with van der Waals surface area (Å²) in [4.78, 5) is 11.8. The summed E-state index contributed by atoms with van der Waals surface area (Å²) in [6.07, 6.45) is 0. The SMILES string of the molecule is C/C(=N\NC(=O)CSCc1ccccc1Cl)c1ccccc1O. The second-order valence-electron chi connectivity index (χ2n) is 4.83. The van der Waals surface area contributed by atoms with Crippen LogP contribution in [-0.4, -0.2) is 22.5 Å². The van der Waals surface area contributed by atoms with Crippen molar-refractivity contribution in [1.29, 1.82) is 0 Å². The van der Waals surface area contributed by atoms with Gasteiger partial charge in [0.2, 0.25) is 5.91 Å². The van der Waals surface area contributed by atoms with Crippen LogP contribution in [0.1, 0.15) is 18.1 Å². The second kappa shape index (κ2) is 8.60. The number of hydrogen-bond donors (Lipinski definition) is 2. The van der Waals surface area contributed by atoms with Crippen molar-refractivity contribution >= 4 is 35.0 Å². The first-order chi connectivity index (χ1) is 11.1. The fourth-order valence-electron chi connectivity index (χ4n) is 1.89. The number of amides is 1. The van der Waals surface area contributed by atoms with Gasteiger partial charge in [0.15, 0.2) is 0 Å². The molecule has 0 unspecified atom stereocenters. The predicted octanol–water partition coefficient (Wildman–Crippen LogP) is 3.82. The predicted molar refractivity (Wildman–Crippen MR) is 96.1 cm³/mol. The molecule has 2 rings (SSSR count). The molecule has 6 heteroatoms. The van der Waals surface area contributed by atoms with E-state index in [9.17, 15) is 9.90 Å². The number of hydrogen-bond acceptors (Lipinski definition) is 4. The molecule has 0 aromatic heterocycles. The van der Waals surface area contributed by atoms with Crippen molar-refractivity contribution < 1.29 is 9.90 Å². The van der Waals surface area contributed by atoms with Gasteiger partial charge in [0.1, 0.15) is 5.75 Å². The van der Waals surface area contributed by atoms with Crippen LogP contribution < -0.4 is 5.43 Å². The van der Waals surface area contributed by atoms with E-state index in [1.165, 1.54) is 11.8 Å². The van der Waals surface area contributed by atoms with Gasteiger partial charge in [-0.05, 0) is 30.7 Å². The van der Waals surface area contributed by atoms with Gasteiger partial charge >= 0.3 is 0 Å². The Labute approximate surface area is 144 Å². The lowest BCUT2D eigenvalue weighted by atomic mass is 10.1. The molecular formula is C17H17ClN2O2S. The Kier molecular flexibility index (Phi) is 6.50. The molecule has 0 saturated carbocycles. The summed E-state index contributed by atoms with van der Waals surface area (Å²) in [7, 11) is 0. The molecule has 0 saturated heterocycles. The standard InChI is InChI=1S/C17H17ClN2O2S/c1-12(14-7-3-5-9-16(14)21)19-20-17(22)11-23-10-13-6-2-4-8-15(13)18/h2-9,21H,10-11H2,1H3,(H,20,22)/b19-12+. The highest BCUT2D eigenvalue weighted by Crippen LogP contribution is 2.20. The normalized spacial score (nSPS) is 11.3. The Balaban J connectivity index is 1.82. The van der Waals surface area contributed by atoms with Gasteiger partial charge in [0.05, 0.1) is 11.5 Å². The third-order valence-electron chi connectivity index (χ3n) is 3.09. The molecule has 0 spiro atoms. The van der Waals surface area contributed by atoms with Crippen LogP contribution in [-0.2, 0) is 10.5 Å². The molecule has 120 valence electrons. The van der Waals surface area contributed by atoms with Gasteiger partial charge in [-0.15, -0.1) is 11.8 Å². The third kappa shape index (κ3) is 5.30. The monoisotopic (exact) mass is 348 g/mol. The number of halogens is 1. The number of aromatic hydroxyl groups is 1. The Morgan fingerprint density at radius 2 is 1.91 bits per heavy atom. The number of phenols is 1. The molecule has 23 heavy (non-hydrogen) atoms. The Hall–Kier alpha value is -1.98. The van der Waals surface area contributed by atoms with Crippen LogP contribution >= 0.6 is 23.4 Å². The lowest BCUT2D eigenvalue weighted by Gasteiger charge is -2.05. The average Bonchev–Trinajstić information content (AvgIpc) is 2.55. The van der Waals surface area contributed by atoms with Gasteiger partial charge < -0.3 is 5.11 Å². The minimum Gasteiger partial charge on any atom is -0.507 e. The van der Waals surface area contributed by atoms with E-state index in [0.717, 1.165) is 5.56 Å². The van der Waals surface area contributed by atoms with Crippen molar-refractivity contribution in [1.82, 2.24) is 5.43 Å². The smallest absolute Gasteiger partial charge is 0.250 e. The molecule has 0 aliphatic rings. The zero-order chi connectivity index (χ0) is 16.7. The maximum Gasteiger partial charge on any atom is 0.250 e. The average molecular weight is 349 g/mol. The number of benzene rings is 2. The number of hydrazone groups is 1. The summed E-state index contributed by atoms with van der Waals surface area (Å²) >= 11 is 7.53. The van der Waals surface area contributed by atoms with Crippen molar-refractivity contribution in [3.05, 3.63) is 64.7 Å². The zero-order valence-corrected chi connectivity index (χ0v) is 14.2. The van der Waals surface area contributed by atoms with Crippen molar-refractivity contribution in [3.8, 4) is 5.75 Å². The van der Waals surface area contributed by atoms with E-state index in [-0.39, 0.29) is 17.4 Å². The number of para-hydroxylation sites is 1. The van der Waals surface area contributed by atoms with E-state index in [4.69, 9.17) is 11.6 Å². The maximum atomic E-state index is 11.8. The molecule has 1 amide bonds. The fraction of sp³-hybridized carbons (Fsp3) is 0.176. The van der Waals surface area contributed by atoms with Gasteiger partial charge in [0.25, 0.3) is 0 Å². The Morgan fingerprint density at radius 3 is 2.65 bits per heavy atom. The van der Waals surface area contributed by atoms with Crippen LogP contribution in [0.25, 0.3) is 0 Å². The molecule has 4 nitrogen and oxygen atoms in total. The van der Waals surface area contributed by atoms with Crippen LogP contribution in [0.4, 0.5) is 0 Å². The van der Waals surface area contributed by atoms with Crippen molar-refractivity contribution in [2.75, 3.05) is 5.75 Å². The minimum absolute atomic E-state index is 0.135. The van der Waals surface area contributed by atoms with Crippen LogP contribution in [0.2, 0.25) is 5.02 Å². The van der Waals surface area contributed by atoms with E-state index in [2.05, 4.69) is 10.5 Å². The highest BCUT2D eigenvalue weighted by Gasteiger charge is 2.06. The third-order valence-corrected chi connectivity index (χ3v) is 4.44. The topological polar surface area (TPSA) is 61.7 Å². The van der Waals surface area contributed by atoms with Crippen molar-refractivity contribution in [2.24, 2.45) is 5.10 Å². The number of rotatable bonds is 6. The molecular weight excluding hydrogens is 332 g/mol. The number of phenolic OH excluding ortho intramolecular Hbond substituents is 1. The Morgan fingerprint density at radius 1 is 1.22 bits per heavy atom. The van der Waals surface area contributed by atoms with E-state index in [1.807, 2.05) is 24.3 Å².